The predicted molar refractivity (Wildman–Crippen MR) is 182 cm³/mol. The second-order valence-electron chi connectivity index (χ2n) is 11.2. The summed E-state index contributed by atoms with van der Waals surface area (Å²) in [5.41, 5.74) is 5.13. The SMILES string of the molecule is c1ccc(-c2c3ccccc3c(-c3cc4c5ccccc5c5ccccc5c4c4ccccc34)c3ccccc23)cc1. The van der Waals surface area contributed by atoms with Crippen molar-refractivity contribution in [2.24, 2.45) is 0 Å². The van der Waals surface area contributed by atoms with Crippen LogP contribution in [0.25, 0.3) is 86.9 Å². The van der Waals surface area contributed by atoms with Crippen molar-refractivity contribution in [2.45, 2.75) is 0 Å². The predicted octanol–water partition coefficient (Wildman–Crippen LogP) is 11.9. The molecule has 0 fully saturated rings. The van der Waals surface area contributed by atoms with Gasteiger partial charge in [0.1, 0.15) is 0 Å². The van der Waals surface area contributed by atoms with E-state index in [0.29, 0.717) is 0 Å². The van der Waals surface area contributed by atoms with Crippen LogP contribution in [0.4, 0.5) is 0 Å². The van der Waals surface area contributed by atoms with Crippen LogP contribution in [0, 0.1) is 0 Å². The standard InChI is InChI=1S/C42H26/c1-2-14-27(15-3-1)40-34-22-10-12-24-36(34)42(37-25-13-11-23-35(37)40)39-26-38-30-18-5-4-16-28(30)29-17-6-8-20-32(29)41(38)33-21-9-7-19-31(33)39/h1-26H. The van der Waals surface area contributed by atoms with Crippen molar-refractivity contribution in [1.29, 1.82) is 0 Å². The second-order valence-corrected chi connectivity index (χ2v) is 11.2. The molecule has 0 aromatic heterocycles. The maximum atomic E-state index is 2.48. The zero-order valence-corrected chi connectivity index (χ0v) is 23.0. The summed E-state index contributed by atoms with van der Waals surface area (Å²) in [4.78, 5) is 0. The average molecular weight is 531 g/mol. The Morgan fingerprint density at radius 2 is 0.595 bits per heavy atom. The fraction of sp³-hybridized carbons (Fsp3) is 0. The monoisotopic (exact) mass is 530 g/mol. The van der Waals surface area contributed by atoms with E-state index in [4.69, 9.17) is 0 Å². The van der Waals surface area contributed by atoms with E-state index in [-0.39, 0.29) is 0 Å². The molecule has 0 saturated heterocycles. The van der Waals surface area contributed by atoms with Gasteiger partial charge in [0.05, 0.1) is 0 Å². The lowest BCUT2D eigenvalue weighted by molar-refractivity contribution is 1.67. The van der Waals surface area contributed by atoms with Crippen LogP contribution in [0.2, 0.25) is 0 Å². The van der Waals surface area contributed by atoms with Gasteiger partial charge in [-0.15, -0.1) is 0 Å². The molecule has 0 unspecified atom stereocenters. The third-order valence-corrected chi connectivity index (χ3v) is 9.01. The Kier molecular flexibility index (Phi) is 5.00. The Hall–Kier alpha value is -5.46. The minimum absolute atomic E-state index is 1.25. The number of fused-ring (bicyclic) bond motifs is 10. The van der Waals surface area contributed by atoms with E-state index in [1.54, 1.807) is 0 Å². The zero-order valence-electron chi connectivity index (χ0n) is 23.0. The van der Waals surface area contributed by atoms with Crippen molar-refractivity contribution in [3.8, 4) is 22.3 Å². The van der Waals surface area contributed by atoms with E-state index in [9.17, 15) is 0 Å². The second kappa shape index (κ2) is 9.03. The van der Waals surface area contributed by atoms with Crippen LogP contribution in [-0.4, -0.2) is 0 Å². The van der Waals surface area contributed by atoms with Crippen LogP contribution in [0.1, 0.15) is 0 Å². The molecule has 0 N–H and O–H groups in total. The topological polar surface area (TPSA) is 0 Å². The van der Waals surface area contributed by atoms with Crippen molar-refractivity contribution in [3.05, 3.63) is 158 Å². The maximum absolute atomic E-state index is 2.48. The number of hydrogen-bond donors (Lipinski definition) is 0. The summed E-state index contributed by atoms with van der Waals surface area (Å²) in [7, 11) is 0. The Morgan fingerprint density at radius 3 is 1.14 bits per heavy atom. The van der Waals surface area contributed by atoms with Gasteiger partial charge in [-0.25, -0.2) is 0 Å². The van der Waals surface area contributed by atoms with Crippen molar-refractivity contribution in [2.75, 3.05) is 0 Å². The molecule has 0 heterocycles. The lowest BCUT2D eigenvalue weighted by Crippen LogP contribution is -1.93. The molecule has 9 rings (SSSR count). The first-order valence-electron chi connectivity index (χ1n) is 14.6. The fourth-order valence-electron chi connectivity index (χ4n) is 7.31. The molecule has 0 heteroatoms. The molecule has 42 heavy (non-hydrogen) atoms. The van der Waals surface area contributed by atoms with Gasteiger partial charge in [0.2, 0.25) is 0 Å². The van der Waals surface area contributed by atoms with Gasteiger partial charge < -0.3 is 0 Å². The molecule has 0 saturated carbocycles. The molecular weight excluding hydrogens is 504 g/mol. The molecule has 0 nitrogen and oxygen atoms in total. The highest BCUT2D eigenvalue weighted by atomic mass is 14.2. The van der Waals surface area contributed by atoms with Gasteiger partial charge >= 0.3 is 0 Å². The van der Waals surface area contributed by atoms with Gasteiger partial charge in [0.25, 0.3) is 0 Å². The fourth-order valence-corrected chi connectivity index (χ4v) is 7.31. The van der Waals surface area contributed by atoms with Crippen molar-refractivity contribution in [1.82, 2.24) is 0 Å². The van der Waals surface area contributed by atoms with Gasteiger partial charge in [0.15, 0.2) is 0 Å². The Labute approximate surface area is 244 Å². The van der Waals surface area contributed by atoms with Crippen LogP contribution in [0.5, 0.6) is 0 Å². The normalized spacial score (nSPS) is 11.8. The number of benzene rings is 9. The lowest BCUT2D eigenvalue weighted by Gasteiger charge is -2.20. The molecule has 0 spiro atoms. The first kappa shape index (κ1) is 23.3. The summed E-state index contributed by atoms with van der Waals surface area (Å²) in [5, 5.41) is 15.6. The first-order chi connectivity index (χ1) is 20.9. The van der Waals surface area contributed by atoms with E-state index >= 15 is 0 Å². The molecule has 0 amide bonds. The number of hydrogen-bond acceptors (Lipinski definition) is 0. The van der Waals surface area contributed by atoms with Crippen LogP contribution in [0.15, 0.2) is 158 Å². The smallest absolute Gasteiger partial charge is 0.00199 e. The summed E-state index contributed by atoms with van der Waals surface area (Å²) in [6.07, 6.45) is 0. The van der Waals surface area contributed by atoms with Crippen molar-refractivity contribution in [3.63, 3.8) is 0 Å². The maximum Gasteiger partial charge on any atom is -0.00199 e. The lowest BCUT2D eigenvalue weighted by atomic mass is 9.82. The highest BCUT2D eigenvalue weighted by Crippen LogP contribution is 2.48. The van der Waals surface area contributed by atoms with Gasteiger partial charge in [-0.05, 0) is 93.0 Å². The molecule has 9 aromatic rings. The summed E-state index contributed by atoms with van der Waals surface area (Å²) in [5.74, 6) is 0. The summed E-state index contributed by atoms with van der Waals surface area (Å²) in [6, 6.07) is 58.0. The van der Waals surface area contributed by atoms with Gasteiger partial charge in [0, 0.05) is 0 Å². The minimum Gasteiger partial charge on any atom is -0.0622 e. The van der Waals surface area contributed by atoms with Crippen LogP contribution in [-0.2, 0) is 0 Å². The zero-order chi connectivity index (χ0) is 27.6. The van der Waals surface area contributed by atoms with E-state index < -0.39 is 0 Å². The highest BCUT2D eigenvalue weighted by molar-refractivity contribution is 6.34. The summed E-state index contributed by atoms with van der Waals surface area (Å²) in [6.45, 7) is 0. The third-order valence-electron chi connectivity index (χ3n) is 9.01. The number of rotatable bonds is 2. The van der Waals surface area contributed by atoms with Gasteiger partial charge in [-0.3, -0.25) is 0 Å². The largest absolute Gasteiger partial charge is 0.0622 e. The van der Waals surface area contributed by atoms with E-state index in [0.717, 1.165) is 0 Å². The quantitative estimate of drug-likeness (QED) is 0.154. The van der Waals surface area contributed by atoms with E-state index in [1.807, 2.05) is 0 Å². The molecular formula is C42H26. The highest BCUT2D eigenvalue weighted by Gasteiger charge is 2.20. The molecule has 0 atom stereocenters. The molecule has 9 aromatic carbocycles. The van der Waals surface area contributed by atoms with Crippen LogP contribution in [0.3, 0.4) is 0 Å². The first-order valence-corrected chi connectivity index (χ1v) is 14.6. The van der Waals surface area contributed by atoms with Gasteiger partial charge in [-0.1, -0.05) is 152 Å². The molecule has 0 aliphatic carbocycles. The van der Waals surface area contributed by atoms with Crippen molar-refractivity contribution >= 4 is 64.6 Å². The van der Waals surface area contributed by atoms with E-state index in [2.05, 4.69) is 158 Å². The molecule has 0 aliphatic heterocycles. The molecule has 0 aliphatic rings. The minimum atomic E-state index is 1.25. The molecule has 194 valence electrons. The Morgan fingerprint density at radius 1 is 0.238 bits per heavy atom. The summed E-state index contributed by atoms with van der Waals surface area (Å²) >= 11 is 0. The van der Waals surface area contributed by atoms with Crippen molar-refractivity contribution < 1.29 is 0 Å². The third kappa shape index (κ3) is 3.24. The molecule has 0 bridgehead atoms. The average Bonchev–Trinajstić information content (AvgIpc) is 3.07. The molecule has 0 radical (unpaired) electrons. The summed E-state index contributed by atoms with van der Waals surface area (Å²) < 4.78 is 0. The van der Waals surface area contributed by atoms with Crippen LogP contribution >= 0.6 is 0 Å². The van der Waals surface area contributed by atoms with Crippen LogP contribution < -0.4 is 0 Å². The Balaban J connectivity index is 1.54. The Bertz CT molecular complexity index is 2440. The van der Waals surface area contributed by atoms with E-state index in [1.165, 1.54) is 86.9 Å². The van der Waals surface area contributed by atoms with Gasteiger partial charge in [-0.2, -0.15) is 0 Å².